The highest BCUT2D eigenvalue weighted by atomic mass is 35.5. The lowest BCUT2D eigenvalue weighted by molar-refractivity contribution is -0.111. The lowest BCUT2D eigenvalue weighted by Gasteiger charge is -2.18. The molecule has 1 aliphatic rings. The number of anilines is 2. The number of amides is 1. The molecule has 1 aromatic carbocycles. The SMILES string of the molecule is O=C(/C=C/c1ccco1)Nc1cc(N2CCCS2(=O)=O)ccc1Cl. The Morgan fingerprint density at radius 1 is 1.33 bits per heavy atom. The number of hydrogen-bond donors (Lipinski definition) is 1. The Hall–Kier alpha value is -2.25. The zero-order valence-corrected chi connectivity index (χ0v) is 14.2. The lowest BCUT2D eigenvalue weighted by Crippen LogP contribution is -2.25. The molecule has 8 heteroatoms. The molecule has 1 saturated heterocycles. The van der Waals surface area contributed by atoms with E-state index in [0.29, 0.717) is 35.1 Å². The van der Waals surface area contributed by atoms with Crippen molar-refractivity contribution in [2.75, 3.05) is 21.9 Å². The van der Waals surface area contributed by atoms with Gasteiger partial charge in [-0.2, -0.15) is 0 Å². The quantitative estimate of drug-likeness (QED) is 0.843. The maximum atomic E-state index is 12.0. The summed E-state index contributed by atoms with van der Waals surface area (Å²) in [5.74, 6) is 0.284. The van der Waals surface area contributed by atoms with Crippen molar-refractivity contribution in [2.45, 2.75) is 6.42 Å². The number of rotatable bonds is 4. The van der Waals surface area contributed by atoms with Gasteiger partial charge >= 0.3 is 0 Å². The maximum absolute atomic E-state index is 12.0. The molecule has 24 heavy (non-hydrogen) atoms. The summed E-state index contributed by atoms with van der Waals surface area (Å²) in [6, 6.07) is 8.18. The fourth-order valence-electron chi connectivity index (χ4n) is 2.41. The molecule has 0 spiro atoms. The molecule has 1 amide bonds. The Bertz CT molecular complexity index is 875. The first-order chi connectivity index (χ1) is 11.5. The van der Waals surface area contributed by atoms with Crippen LogP contribution >= 0.6 is 11.6 Å². The average Bonchev–Trinajstić information content (AvgIpc) is 3.16. The highest BCUT2D eigenvalue weighted by Crippen LogP contribution is 2.31. The molecule has 2 aromatic rings. The minimum absolute atomic E-state index is 0.128. The highest BCUT2D eigenvalue weighted by Gasteiger charge is 2.28. The Labute approximate surface area is 144 Å². The molecule has 1 aromatic heterocycles. The molecule has 1 N–H and O–H groups in total. The van der Waals surface area contributed by atoms with Gasteiger partial charge in [0.25, 0.3) is 0 Å². The molecule has 0 unspecified atom stereocenters. The Balaban J connectivity index is 1.78. The van der Waals surface area contributed by atoms with Crippen LogP contribution in [0.2, 0.25) is 5.02 Å². The molecular formula is C16H15ClN2O4S. The lowest BCUT2D eigenvalue weighted by atomic mass is 10.2. The van der Waals surface area contributed by atoms with Gasteiger partial charge in [0.1, 0.15) is 5.76 Å². The van der Waals surface area contributed by atoms with Crippen molar-refractivity contribution in [3.63, 3.8) is 0 Å². The molecular weight excluding hydrogens is 352 g/mol. The summed E-state index contributed by atoms with van der Waals surface area (Å²) in [4.78, 5) is 12.0. The fraction of sp³-hybridized carbons (Fsp3) is 0.188. The second-order valence-electron chi connectivity index (χ2n) is 5.24. The van der Waals surface area contributed by atoms with Crippen LogP contribution in [0, 0.1) is 0 Å². The van der Waals surface area contributed by atoms with Crippen molar-refractivity contribution in [2.24, 2.45) is 0 Å². The zero-order valence-electron chi connectivity index (χ0n) is 12.6. The van der Waals surface area contributed by atoms with Crippen molar-refractivity contribution >= 4 is 45.0 Å². The van der Waals surface area contributed by atoms with E-state index in [2.05, 4.69) is 5.32 Å². The van der Waals surface area contributed by atoms with E-state index < -0.39 is 15.9 Å². The van der Waals surface area contributed by atoms with E-state index in [9.17, 15) is 13.2 Å². The first-order valence-corrected chi connectivity index (χ1v) is 9.27. The Morgan fingerprint density at radius 2 is 2.17 bits per heavy atom. The summed E-state index contributed by atoms with van der Waals surface area (Å²) in [5, 5.41) is 2.97. The third kappa shape index (κ3) is 3.63. The molecule has 0 bridgehead atoms. The predicted octanol–water partition coefficient (Wildman–Crippen LogP) is 3.12. The van der Waals surface area contributed by atoms with Gasteiger partial charge in [-0.3, -0.25) is 9.10 Å². The number of furan rings is 1. The number of benzene rings is 1. The molecule has 6 nitrogen and oxygen atoms in total. The average molecular weight is 367 g/mol. The number of nitrogens with zero attached hydrogens (tertiary/aromatic N) is 1. The number of hydrogen-bond acceptors (Lipinski definition) is 4. The molecule has 1 fully saturated rings. The molecule has 0 aliphatic carbocycles. The number of nitrogens with one attached hydrogen (secondary N) is 1. The fourth-order valence-corrected chi connectivity index (χ4v) is 4.13. The van der Waals surface area contributed by atoms with E-state index in [1.165, 1.54) is 22.7 Å². The number of carbonyl (C=O) groups excluding carboxylic acids is 1. The number of sulfonamides is 1. The van der Waals surface area contributed by atoms with E-state index in [0.717, 1.165) is 0 Å². The number of halogens is 1. The monoisotopic (exact) mass is 366 g/mol. The zero-order chi connectivity index (χ0) is 17.2. The summed E-state index contributed by atoms with van der Waals surface area (Å²) < 4.78 is 30.4. The highest BCUT2D eigenvalue weighted by molar-refractivity contribution is 7.93. The van der Waals surface area contributed by atoms with E-state index in [1.807, 2.05) is 0 Å². The molecule has 3 rings (SSSR count). The molecule has 0 saturated carbocycles. The minimum Gasteiger partial charge on any atom is -0.465 e. The van der Waals surface area contributed by atoms with E-state index in [4.69, 9.17) is 16.0 Å². The Kier molecular flexibility index (Phi) is 4.64. The summed E-state index contributed by atoms with van der Waals surface area (Å²) in [7, 11) is -3.29. The van der Waals surface area contributed by atoms with Gasteiger partial charge in [0.15, 0.2) is 0 Å². The van der Waals surface area contributed by atoms with Crippen LogP contribution in [0.15, 0.2) is 47.1 Å². The van der Waals surface area contributed by atoms with Crippen molar-refractivity contribution in [1.29, 1.82) is 0 Å². The van der Waals surface area contributed by atoms with Crippen LogP contribution in [0.5, 0.6) is 0 Å². The molecule has 2 heterocycles. The largest absolute Gasteiger partial charge is 0.465 e. The van der Waals surface area contributed by atoms with Gasteiger partial charge in [0.05, 0.1) is 28.4 Å². The summed E-state index contributed by atoms with van der Waals surface area (Å²) in [5.41, 5.74) is 0.840. The molecule has 0 atom stereocenters. The maximum Gasteiger partial charge on any atom is 0.248 e. The van der Waals surface area contributed by atoms with Crippen molar-refractivity contribution in [1.82, 2.24) is 0 Å². The van der Waals surface area contributed by atoms with Crippen LogP contribution in [0.25, 0.3) is 6.08 Å². The normalized spacial score (nSPS) is 16.6. The van der Waals surface area contributed by atoms with Crippen molar-refractivity contribution in [3.05, 3.63) is 53.5 Å². The van der Waals surface area contributed by atoms with Gasteiger partial charge in [-0.05, 0) is 42.8 Å². The second kappa shape index (κ2) is 6.70. The summed E-state index contributed by atoms with van der Waals surface area (Å²) >= 11 is 6.09. The van der Waals surface area contributed by atoms with E-state index in [-0.39, 0.29) is 5.75 Å². The van der Waals surface area contributed by atoms with Crippen molar-refractivity contribution < 1.29 is 17.6 Å². The van der Waals surface area contributed by atoms with Crippen LogP contribution in [-0.4, -0.2) is 26.6 Å². The molecule has 126 valence electrons. The standard InChI is InChI=1S/C16H15ClN2O4S/c17-14-6-4-12(19-8-2-10-24(19,21)22)11-15(14)18-16(20)7-5-13-3-1-9-23-13/h1,3-7,9,11H,2,8,10H2,(H,18,20)/b7-5+. The minimum atomic E-state index is -3.29. The smallest absolute Gasteiger partial charge is 0.248 e. The topological polar surface area (TPSA) is 79.6 Å². The predicted molar refractivity (Wildman–Crippen MR) is 93.6 cm³/mol. The summed E-state index contributed by atoms with van der Waals surface area (Å²) in [6.07, 6.45) is 4.93. The van der Waals surface area contributed by atoms with Gasteiger partial charge in [-0.1, -0.05) is 11.6 Å². The second-order valence-corrected chi connectivity index (χ2v) is 7.66. The third-order valence-corrected chi connectivity index (χ3v) is 5.74. The van der Waals surface area contributed by atoms with Crippen LogP contribution in [0.4, 0.5) is 11.4 Å². The first-order valence-electron chi connectivity index (χ1n) is 7.28. The van der Waals surface area contributed by atoms with Crippen LogP contribution in [0.1, 0.15) is 12.2 Å². The first kappa shape index (κ1) is 16.6. The van der Waals surface area contributed by atoms with Gasteiger partial charge in [0, 0.05) is 12.6 Å². The van der Waals surface area contributed by atoms with Gasteiger partial charge in [-0.25, -0.2) is 8.42 Å². The van der Waals surface area contributed by atoms with Crippen molar-refractivity contribution in [3.8, 4) is 0 Å². The van der Waals surface area contributed by atoms with Crippen LogP contribution in [-0.2, 0) is 14.8 Å². The third-order valence-electron chi connectivity index (χ3n) is 3.54. The number of carbonyl (C=O) groups is 1. The van der Waals surface area contributed by atoms with E-state index in [1.54, 1.807) is 30.3 Å². The molecule has 1 aliphatic heterocycles. The van der Waals surface area contributed by atoms with Crippen LogP contribution in [0.3, 0.4) is 0 Å². The summed E-state index contributed by atoms with van der Waals surface area (Å²) in [6.45, 7) is 0.426. The van der Waals surface area contributed by atoms with Gasteiger partial charge in [0.2, 0.25) is 15.9 Å². The van der Waals surface area contributed by atoms with E-state index >= 15 is 0 Å². The van der Waals surface area contributed by atoms with Crippen LogP contribution < -0.4 is 9.62 Å². The molecule has 0 radical (unpaired) electrons. The van der Waals surface area contributed by atoms with Gasteiger partial charge in [-0.15, -0.1) is 0 Å². The Morgan fingerprint density at radius 3 is 2.83 bits per heavy atom. The van der Waals surface area contributed by atoms with Gasteiger partial charge < -0.3 is 9.73 Å².